The minimum Gasteiger partial charge on any atom is -0.464 e. The maximum Gasteiger partial charge on any atom is 0.220 e. The quantitative estimate of drug-likeness (QED) is 0.112. The fraction of sp³-hybridized carbons (Fsp3) is 0.345. The number of hydrogen-bond donors (Lipinski definition) is 0. The van der Waals surface area contributed by atoms with Gasteiger partial charge in [0.25, 0.3) is 0 Å². The van der Waals surface area contributed by atoms with Gasteiger partial charge in [-0.15, -0.1) is 11.3 Å². The molecule has 21 rings (SSSR count). The molecule has 5 aliphatic rings. The van der Waals surface area contributed by atoms with Crippen LogP contribution < -0.4 is 18.3 Å². The lowest BCUT2D eigenvalue weighted by molar-refractivity contribution is -0.665. The summed E-state index contributed by atoms with van der Waals surface area (Å²) in [5.41, 5.74) is 33.8. The highest BCUT2D eigenvalue weighted by atomic mass is 32.1. The summed E-state index contributed by atoms with van der Waals surface area (Å²) >= 11 is 1.83. The Morgan fingerprint density at radius 3 is 1.08 bits per heavy atom. The highest BCUT2D eigenvalue weighted by Crippen LogP contribution is 2.51. The van der Waals surface area contributed by atoms with Crippen LogP contribution in [0.15, 0.2) is 222 Å². The Balaban J connectivity index is 0.000000109. The lowest BCUT2D eigenvalue weighted by Crippen LogP contribution is -2.35. The monoisotopic (exact) mass is 1580 g/mol. The third-order valence-electron chi connectivity index (χ3n) is 29.0. The first-order valence-corrected chi connectivity index (χ1v) is 45.9. The molecule has 6 heterocycles. The van der Waals surface area contributed by atoms with E-state index in [1.165, 1.54) is 332 Å². The van der Waals surface area contributed by atoms with E-state index < -0.39 is 0 Å². The van der Waals surface area contributed by atoms with Gasteiger partial charge in [0, 0.05) is 67.5 Å². The molecule has 5 aliphatic carbocycles. The van der Waals surface area contributed by atoms with Crippen molar-refractivity contribution < 1.29 is 22.7 Å². The predicted octanol–water partition coefficient (Wildman–Crippen LogP) is 28.1. The molecule has 0 bridgehead atoms. The predicted molar refractivity (Wildman–Crippen MR) is 503 cm³/mol. The molecular formula is C113H122N4OS+4. The lowest BCUT2D eigenvalue weighted by Gasteiger charge is -2.22. The van der Waals surface area contributed by atoms with E-state index >= 15 is 0 Å². The molecule has 0 saturated heterocycles. The van der Waals surface area contributed by atoms with E-state index in [1.54, 1.807) is 6.26 Å². The number of thiophene rings is 1. The number of aromatic nitrogens is 4. The van der Waals surface area contributed by atoms with E-state index in [9.17, 15) is 0 Å². The fourth-order valence-electron chi connectivity index (χ4n) is 22.0. The van der Waals surface area contributed by atoms with Crippen LogP contribution in [0.1, 0.15) is 195 Å². The Morgan fingerprint density at radius 1 is 0.303 bits per heavy atom. The van der Waals surface area contributed by atoms with E-state index in [0.717, 1.165) is 29.3 Å². The van der Waals surface area contributed by atoms with Crippen molar-refractivity contribution >= 4 is 86.3 Å². The first-order valence-electron chi connectivity index (χ1n) is 45.0. The topological polar surface area (TPSA) is 28.7 Å². The van der Waals surface area contributed by atoms with Crippen LogP contribution in [0.5, 0.6) is 0 Å². The summed E-state index contributed by atoms with van der Waals surface area (Å²) in [5.74, 6) is 3.53. The van der Waals surface area contributed by atoms with Crippen molar-refractivity contribution in [2.45, 2.75) is 203 Å². The Hall–Kier alpha value is -10.4. The van der Waals surface area contributed by atoms with Gasteiger partial charge in [0.2, 0.25) is 22.8 Å². The van der Waals surface area contributed by atoms with Crippen LogP contribution in [-0.4, -0.2) is 0 Å². The molecule has 16 aromatic rings. The molecule has 0 N–H and O–H groups in total. The second-order valence-corrected chi connectivity index (χ2v) is 38.5. The number of furan rings is 1. The number of rotatable bonds is 12. The number of aryl methyl sites for hydroxylation is 8. The normalized spacial score (nSPS) is 15.5. The van der Waals surface area contributed by atoms with E-state index in [4.69, 9.17) is 4.42 Å². The summed E-state index contributed by atoms with van der Waals surface area (Å²) in [6, 6.07) is 78.8. The van der Waals surface area contributed by atoms with Crippen LogP contribution >= 0.6 is 11.3 Å². The Labute approximate surface area is 711 Å². The highest BCUT2D eigenvalue weighted by molar-refractivity contribution is 7.17. The van der Waals surface area contributed by atoms with Crippen LogP contribution in [0.25, 0.3) is 131 Å². The molecule has 4 saturated carbocycles. The van der Waals surface area contributed by atoms with Crippen LogP contribution in [0.4, 0.5) is 0 Å². The standard InChI is InChI=1S/C33H36N.C28H30N.C26H28NO.C26H28NS/c1-21-16-29-27-12-8-9-13-30(27)33(3,4)31(29)20-28(21)32-26-15-14-24(18-23-10-6-7-11-23)19-25(26)17-22(2)34(32)5;1-19-14-23-10-6-7-11-24(23)18-27(19)28-26-13-12-22(16-21-8-4-5-9-21)17-25(26)15-20(2)29(28)3;2*1-17-12-21-10-11-28-25(21)16-24(17)26-23-9-8-20(14-19-6-4-5-7-19)15-22(23)13-18(2)27(26)3/h8-9,12-17,19-20,23H,6-7,10-11,18H2,1-5H3;6-7,10-15,17-18,21H,4-5,8-9,16H2,1-3H3;2*8-13,15-16,19H,4-7,14H2,1-3H3/q4*+1. The van der Waals surface area contributed by atoms with Crippen molar-refractivity contribution in [1.29, 1.82) is 0 Å². The van der Waals surface area contributed by atoms with Crippen LogP contribution in [0, 0.1) is 79.1 Å². The fourth-order valence-corrected chi connectivity index (χ4v) is 22.8. The molecule has 602 valence electrons. The first kappa shape index (κ1) is 79.7. The van der Waals surface area contributed by atoms with Crippen LogP contribution in [0.2, 0.25) is 0 Å². The van der Waals surface area contributed by atoms with E-state index in [2.05, 4.69) is 321 Å². The summed E-state index contributed by atoms with van der Waals surface area (Å²) in [6.07, 6.45) is 29.2. The molecule has 0 spiro atoms. The van der Waals surface area contributed by atoms with Gasteiger partial charge in [0.15, 0.2) is 22.8 Å². The van der Waals surface area contributed by atoms with Gasteiger partial charge < -0.3 is 4.42 Å². The second-order valence-electron chi connectivity index (χ2n) is 37.5. The number of fused-ring (bicyclic) bond motifs is 10. The molecule has 119 heavy (non-hydrogen) atoms. The van der Waals surface area contributed by atoms with Gasteiger partial charge in [0.1, 0.15) is 33.8 Å². The van der Waals surface area contributed by atoms with Crippen molar-refractivity contribution in [3.63, 3.8) is 0 Å². The zero-order valence-corrected chi connectivity index (χ0v) is 74.2. The summed E-state index contributed by atoms with van der Waals surface area (Å²) < 4.78 is 16.5. The third-order valence-corrected chi connectivity index (χ3v) is 29.9. The van der Waals surface area contributed by atoms with Gasteiger partial charge in [-0.3, -0.25) is 0 Å². The zero-order valence-electron chi connectivity index (χ0n) is 73.3. The summed E-state index contributed by atoms with van der Waals surface area (Å²) in [7, 11) is 8.80. The smallest absolute Gasteiger partial charge is 0.220 e. The molecule has 5 nitrogen and oxygen atoms in total. The number of hydrogen-bond acceptors (Lipinski definition) is 2. The van der Waals surface area contributed by atoms with Crippen molar-refractivity contribution in [2.75, 3.05) is 0 Å². The summed E-state index contributed by atoms with van der Waals surface area (Å²) in [5, 5.41) is 18.2. The molecule has 0 aliphatic heterocycles. The second kappa shape index (κ2) is 33.3. The van der Waals surface area contributed by atoms with Crippen molar-refractivity contribution in [1.82, 2.24) is 0 Å². The number of pyridine rings is 4. The maximum atomic E-state index is 5.70. The van der Waals surface area contributed by atoms with Gasteiger partial charge >= 0.3 is 0 Å². The molecule has 6 heteroatoms. The average Bonchev–Trinajstić information content (AvgIpc) is 1.54. The number of nitrogens with zero attached hydrogens (tertiary/aromatic N) is 4. The lowest BCUT2D eigenvalue weighted by atomic mass is 9.81. The van der Waals surface area contributed by atoms with Crippen LogP contribution in [-0.2, 0) is 59.3 Å². The minimum absolute atomic E-state index is 0.0149. The van der Waals surface area contributed by atoms with Crippen LogP contribution in [0.3, 0.4) is 0 Å². The number of benzene rings is 10. The van der Waals surface area contributed by atoms with Gasteiger partial charge in [-0.2, -0.15) is 18.3 Å². The molecule has 0 amide bonds. The molecule has 6 aromatic heterocycles. The SMILES string of the molecule is Cc1cc2c(cc1-c1c3ccc(CC4CCCC4)cc3cc(C)[n+]1C)C(C)(C)c1ccccc1-2.Cc1cc2ccccc2cc1-c1c2ccc(CC3CCCC3)cc2cc(C)[n+]1C.Cc1cc2ccoc2cc1-c1c2ccc(CC3CCCC3)cc2cc(C)[n+]1C.Cc1cc2ccsc2cc1-c1c2ccc(CC3CCCC3)cc2cc(C)[n+]1C. The highest BCUT2D eigenvalue weighted by Gasteiger charge is 2.37. The third kappa shape index (κ3) is 15.8. The van der Waals surface area contributed by atoms with Gasteiger partial charge in [-0.25, -0.2) is 0 Å². The van der Waals surface area contributed by atoms with Gasteiger partial charge in [0.05, 0.1) is 50.1 Å². The molecule has 10 aromatic carbocycles. The van der Waals surface area contributed by atoms with Crippen molar-refractivity contribution in [3.05, 3.63) is 296 Å². The van der Waals surface area contributed by atoms with Crippen molar-refractivity contribution in [2.24, 2.45) is 51.9 Å². The molecule has 4 fully saturated rings. The molecule has 0 atom stereocenters. The average molecular weight is 1580 g/mol. The largest absolute Gasteiger partial charge is 0.464 e. The van der Waals surface area contributed by atoms with E-state index in [0.29, 0.717) is 0 Å². The Bertz CT molecular complexity index is 6400. The van der Waals surface area contributed by atoms with E-state index in [-0.39, 0.29) is 5.41 Å². The summed E-state index contributed by atoms with van der Waals surface area (Å²) in [4.78, 5) is 0. The van der Waals surface area contributed by atoms with Crippen molar-refractivity contribution in [3.8, 4) is 56.2 Å². The van der Waals surface area contributed by atoms with E-state index in [1.807, 2.05) is 17.4 Å². The Kier molecular flexibility index (Phi) is 22.3. The minimum atomic E-state index is 0.0149. The molecule has 0 unspecified atom stereocenters. The molecule has 0 radical (unpaired) electrons. The van der Waals surface area contributed by atoms with Gasteiger partial charge in [-0.1, -0.05) is 226 Å². The maximum absolute atomic E-state index is 5.70. The van der Waals surface area contributed by atoms with Gasteiger partial charge in [-0.05, 0) is 260 Å². The zero-order chi connectivity index (χ0) is 82.1. The summed E-state index contributed by atoms with van der Waals surface area (Å²) in [6.45, 7) is 22.6. The molecular weight excluding hydrogens is 1460 g/mol. The first-order chi connectivity index (χ1) is 57.6. The Morgan fingerprint density at radius 2 is 0.655 bits per heavy atom.